The summed E-state index contributed by atoms with van der Waals surface area (Å²) in [7, 11) is 1.82. The average molecular weight is 362 g/mol. The van der Waals surface area contributed by atoms with Gasteiger partial charge in [0.2, 0.25) is 0 Å². The molecule has 0 atom stereocenters. The number of aromatic nitrogens is 4. The van der Waals surface area contributed by atoms with Crippen molar-refractivity contribution in [2.45, 2.75) is 6.92 Å². The van der Waals surface area contributed by atoms with Crippen LogP contribution >= 0.6 is 0 Å². The van der Waals surface area contributed by atoms with Gasteiger partial charge in [-0.15, -0.1) is 0 Å². The molecule has 8 nitrogen and oxygen atoms in total. The molecule has 0 unspecified atom stereocenters. The number of amides is 1. The van der Waals surface area contributed by atoms with Crippen LogP contribution in [0.3, 0.4) is 0 Å². The predicted molar refractivity (Wildman–Crippen MR) is 103 cm³/mol. The van der Waals surface area contributed by atoms with Crippen LogP contribution in [-0.2, 0) is 7.05 Å². The molecule has 0 aliphatic rings. The van der Waals surface area contributed by atoms with Crippen molar-refractivity contribution in [1.82, 2.24) is 19.3 Å². The molecule has 0 spiro atoms. The van der Waals surface area contributed by atoms with E-state index in [1.54, 1.807) is 27.4 Å². The molecule has 136 valence electrons. The van der Waals surface area contributed by atoms with Crippen molar-refractivity contribution < 1.29 is 9.90 Å². The lowest BCUT2D eigenvalue weighted by atomic mass is 10.2. The first-order valence-electron chi connectivity index (χ1n) is 8.27. The van der Waals surface area contributed by atoms with Gasteiger partial charge in [0.05, 0.1) is 16.9 Å². The number of aromatic hydroxyl groups is 1. The SMILES string of the molecule is Cc1ccc(O)cc1-n1c(N)c(C(N)=O)c2nc(-c3ccn(C)n3)ccc21. The molecule has 0 bridgehead atoms. The van der Waals surface area contributed by atoms with E-state index < -0.39 is 5.91 Å². The smallest absolute Gasteiger partial charge is 0.254 e. The predicted octanol–water partition coefficient (Wildman–Crippen LogP) is 2.12. The van der Waals surface area contributed by atoms with Crippen LogP contribution in [-0.4, -0.2) is 30.3 Å². The number of hydrogen-bond acceptors (Lipinski definition) is 5. The van der Waals surface area contributed by atoms with E-state index in [9.17, 15) is 9.90 Å². The van der Waals surface area contributed by atoms with Gasteiger partial charge < -0.3 is 16.6 Å². The Morgan fingerprint density at radius 3 is 2.59 bits per heavy atom. The summed E-state index contributed by atoms with van der Waals surface area (Å²) in [6.07, 6.45) is 1.81. The second-order valence-corrected chi connectivity index (χ2v) is 6.37. The zero-order chi connectivity index (χ0) is 19.3. The highest BCUT2D eigenvalue weighted by atomic mass is 16.3. The third-order valence-electron chi connectivity index (χ3n) is 4.50. The molecule has 0 saturated carbocycles. The number of nitrogens with zero attached hydrogens (tertiary/aromatic N) is 4. The topological polar surface area (TPSA) is 125 Å². The van der Waals surface area contributed by atoms with Crippen LogP contribution in [0.5, 0.6) is 5.75 Å². The number of nitrogen functional groups attached to an aromatic ring is 1. The van der Waals surface area contributed by atoms with Gasteiger partial charge in [0, 0.05) is 19.3 Å². The van der Waals surface area contributed by atoms with Crippen LogP contribution in [0, 0.1) is 6.92 Å². The molecule has 0 fully saturated rings. The Morgan fingerprint density at radius 2 is 1.93 bits per heavy atom. The van der Waals surface area contributed by atoms with Gasteiger partial charge in [0.25, 0.3) is 5.91 Å². The maximum atomic E-state index is 12.1. The molecule has 4 rings (SSSR count). The number of phenols is 1. The minimum absolute atomic E-state index is 0.0931. The van der Waals surface area contributed by atoms with Crippen molar-refractivity contribution in [3.8, 4) is 22.8 Å². The summed E-state index contributed by atoms with van der Waals surface area (Å²) < 4.78 is 3.35. The number of pyridine rings is 1. The van der Waals surface area contributed by atoms with E-state index in [0.29, 0.717) is 28.1 Å². The van der Waals surface area contributed by atoms with Gasteiger partial charge >= 0.3 is 0 Å². The monoisotopic (exact) mass is 362 g/mol. The summed E-state index contributed by atoms with van der Waals surface area (Å²) in [5, 5.41) is 14.2. The molecule has 8 heteroatoms. The lowest BCUT2D eigenvalue weighted by Crippen LogP contribution is -2.14. The number of benzene rings is 1. The number of hydrogen-bond donors (Lipinski definition) is 3. The third kappa shape index (κ3) is 2.58. The highest BCUT2D eigenvalue weighted by molar-refractivity contribution is 6.10. The highest BCUT2D eigenvalue weighted by Crippen LogP contribution is 2.34. The van der Waals surface area contributed by atoms with Crippen molar-refractivity contribution in [2.75, 3.05) is 5.73 Å². The lowest BCUT2D eigenvalue weighted by molar-refractivity contribution is 0.100. The summed E-state index contributed by atoms with van der Waals surface area (Å²) in [6.45, 7) is 1.89. The van der Waals surface area contributed by atoms with E-state index >= 15 is 0 Å². The number of anilines is 1. The Labute approximate surface area is 154 Å². The first-order valence-corrected chi connectivity index (χ1v) is 8.27. The number of primary amides is 1. The molecule has 1 amide bonds. The first-order chi connectivity index (χ1) is 12.9. The number of rotatable bonds is 3. The second-order valence-electron chi connectivity index (χ2n) is 6.37. The van der Waals surface area contributed by atoms with Gasteiger partial charge in [0.1, 0.15) is 28.3 Å². The molecule has 0 saturated heterocycles. The summed E-state index contributed by atoms with van der Waals surface area (Å²) in [5.74, 6) is -0.396. The maximum Gasteiger partial charge on any atom is 0.254 e. The molecular formula is C19H18N6O2. The summed E-state index contributed by atoms with van der Waals surface area (Å²) >= 11 is 0. The Hall–Kier alpha value is -3.81. The average Bonchev–Trinajstić information content (AvgIpc) is 3.17. The van der Waals surface area contributed by atoms with Gasteiger partial charge in [-0.25, -0.2) is 4.98 Å². The minimum Gasteiger partial charge on any atom is -0.508 e. The molecule has 5 N–H and O–H groups in total. The summed E-state index contributed by atoms with van der Waals surface area (Å²) in [4.78, 5) is 16.7. The van der Waals surface area contributed by atoms with Crippen LogP contribution in [0.15, 0.2) is 42.6 Å². The standard InChI is InChI=1S/C19H18N6O2/c1-10-3-4-11(26)9-15(10)25-14-6-5-12(13-7-8-24(2)23-13)22-17(14)16(18(25)20)19(21)27/h3-9,26H,20H2,1-2H3,(H2,21,27). The zero-order valence-electron chi connectivity index (χ0n) is 14.8. The third-order valence-corrected chi connectivity index (χ3v) is 4.50. The largest absolute Gasteiger partial charge is 0.508 e. The zero-order valence-corrected chi connectivity index (χ0v) is 14.8. The van der Waals surface area contributed by atoms with Gasteiger partial charge in [-0.2, -0.15) is 5.10 Å². The van der Waals surface area contributed by atoms with E-state index in [-0.39, 0.29) is 17.1 Å². The molecule has 3 aromatic heterocycles. The van der Waals surface area contributed by atoms with E-state index in [2.05, 4.69) is 10.1 Å². The molecule has 4 aromatic rings. The molecule has 1 aromatic carbocycles. The minimum atomic E-state index is -0.667. The van der Waals surface area contributed by atoms with Gasteiger partial charge in [-0.3, -0.25) is 14.0 Å². The Kier molecular flexibility index (Phi) is 3.62. The van der Waals surface area contributed by atoms with Crippen LogP contribution < -0.4 is 11.5 Å². The molecule has 0 aliphatic heterocycles. The second kappa shape index (κ2) is 5.87. The first kappa shape index (κ1) is 16.6. The summed E-state index contributed by atoms with van der Waals surface area (Å²) in [5.41, 5.74) is 15.8. The number of carbonyl (C=O) groups is 1. The maximum absolute atomic E-state index is 12.1. The molecule has 0 aliphatic carbocycles. The normalized spacial score (nSPS) is 11.2. The molecule has 0 radical (unpaired) electrons. The Morgan fingerprint density at radius 1 is 1.15 bits per heavy atom. The Bertz CT molecular complexity index is 1200. The fraction of sp³-hybridized carbons (Fsp3) is 0.105. The van der Waals surface area contributed by atoms with Crippen LogP contribution in [0.2, 0.25) is 0 Å². The van der Waals surface area contributed by atoms with Crippen molar-refractivity contribution in [3.05, 3.63) is 53.7 Å². The number of carbonyl (C=O) groups excluding carboxylic acids is 1. The quantitative estimate of drug-likeness (QED) is 0.515. The van der Waals surface area contributed by atoms with Crippen LogP contribution in [0.1, 0.15) is 15.9 Å². The lowest BCUT2D eigenvalue weighted by Gasteiger charge is -2.12. The summed E-state index contributed by atoms with van der Waals surface area (Å²) in [6, 6.07) is 10.4. The van der Waals surface area contributed by atoms with Gasteiger partial charge in [-0.05, 0) is 36.8 Å². The van der Waals surface area contributed by atoms with Crippen LogP contribution in [0.4, 0.5) is 5.82 Å². The van der Waals surface area contributed by atoms with E-state index in [1.807, 2.05) is 38.4 Å². The molecule has 27 heavy (non-hydrogen) atoms. The number of phenolic OH excluding ortho intramolecular Hbond substituents is 1. The van der Waals surface area contributed by atoms with Crippen molar-refractivity contribution in [2.24, 2.45) is 12.8 Å². The number of aryl methyl sites for hydroxylation is 2. The fourth-order valence-corrected chi connectivity index (χ4v) is 3.21. The molecular weight excluding hydrogens is 344 g/mol. The van der Waals surface area contributed by atoms with E-state index in [1.165, 1.54) is 0 Å². The van der Waals surface area contributed by atoms with E-state index in [4.69, 9.17) is 11.5 Å². The van der Waals surface area contributed by atoms with Gasteiger partial charge in [0.15, 0.2) is 0 Å². The highest BCUT2D eigenvalue weighted by Gasteiger charge is 2.23. The van der Waals surface area contributed by atoms with E-state index in [0.717, 1.165) is 5.56 Å². The van der Waals surface area contributed by atoms with Gasteiger partial charge in [-0.1, -0.05) is 6.07 Å². The van der Waals surface area contributed by atoms with Crippen molar-refractivity contribution >= 4 is 22.8 Å². The Balaban J connectivity index is 2.05. The van der Waals surface area contributed by atoms with Crippen molar-refractivity contribution in [1.29, 1.82) is 0 Å². The molecule has 3 heterocycles. The van der Waals surface area contributed by atoms with Crippen molar-refractivity contribution in [3.63, 3.8) is 0 Å². The number of nitrogens with two attached hydrogens (primary N) is 2. The fourth-order valence-electron chi connectivity index (χ4n) is 3.21. The van der Waals surface area contributed by atoms with Crippen LogP contribution in [0.25, 0.3) is 28.1 Å². The number of fused-ring (bicyclic) bond motifs is 1.